The van der Waals surface area contributed by atoms with Crippen molar-refractivity contribution in [3.63, 3.8) is 0 Å². The number of aromatic nitrogens is 2. The first-order valence-electron chi connectivity index (χ1n) is 14.3. The van der Waals surface area contributed by atoms with E-state index in [4.69, 9.17) is 19.9 Å². The Kier molecular flexibility index (Phi) is 8.38. The number of likely N-dealkylation sites (tertiary alicyclic amines) is 1. The van der Waals surface area contributed by atoms with Gasteiger partial charge in [0.2, 0.25) is 5.91 Å². The molecule has 0 aliphatic carbocycles. The van der Waals surface area contributed by atoms with Gasteiger partial charge >= 0.3 is 0 Å². The van der Waals surface area contributed by atoms with Crippen molar-refractivity contribution >= 4 is 23.5 Å². The second-order valence-corrected chi connectivity index (χ2v) is 10.7. The van der Waals surface area contributed by atoms with Crippen molar-refractivity contribution in [3.8, 4) is 28.4 Å². The van der Waals surface area contributed by atoms with Crippen LogP contribution in [0.15, 0.2) is 42.7 Å². The summed E-state index contributed by atoms with van der Waals surface area (Å²) in [6.07, 6.45) is 4.67. The van der Waals surface area contributed by atoms with Crippen LogP contribution in [0.25, 0.3) is 11.1 Å². The van der Waals surface area contributed by atoms with Gasteiger partial charge in [-0.15, -0.1) is 0 Å². The molecule has 1 fully saturated rings. The van der Waals surface area contributed by atoms with Crippen LogP contribution in [0.2, 0.25) is 0 Å². The monoisotopic (exact) mass is 589 g/mol. The lowest BCUT2D eigenvalue weighted by Gasteiger charge is -2.44. The van der Waals surface area contributed by atoms with E-state index in [1.54, 1.807) is 40.0 Å². The van der Waals surface area contributed by atoms with Crippen LogP contribution in [0.1, 0.15) is 64.2 Å². The van der Waals surface area contributed by atoms with Gasteiger partial charge in [-0.2, -0.15) is 5.10 Å². The number of benzene rings is 2. The maximum absolute atomic E-state index is 13.7. The topological polar surface area (TPSA) is 155 Å². The summed E-state index contributed by atoms with van der Waals surface area (Å²) < 4.78 is 20.0. The third-order valence-corrected chi connectivity index (χ3v) is 7.64. The van der Waals surface area contributed by atoms with Crippen molar-refractivity contribution in [3.05, 3.63) is 59.4 Å². The van der Waals surface area contributed by atoms with Crippen molar-refractivity contribution in [1.29, 1.82) is 0 Å². The molecule has 226 valence electrons. The summed E-state index contributed by atoms with van der Waals surface area (Å²) in [6, 6.07) is 8.10. The number of ketones is 1. The molecule has 0 saturated carbocycles. The largest absolute Gasteiger partial charge is 0.493 e. The Balaban J connectivity index is 1.32. The second-order valence-electron chi connectivity index (χ2n) is 10.7. The molecule has 1 saturated heterocycles. The fourth-order valence-electron chi connectivity index (χ4n) is 5.57. The number of fused-ring (bicyclic) bond motifs is 1. The van der Waals surface area contributed by atoms with E-state index >= 15 is 0 Å². The third-order valence-electron chi connectivity index (χ3n) is 7.64. The Hall–Kier alpha value is -4.87. The van der Waals surface area contributed by atoms with Gasteiger partial charge in [0.05, 0.1) is 43.5 Å². The van der Waals surface area contributed by atoms with Gasteiger partial charge in [0, 0.05) is 55.9 Å². The van der Waals surface area contributed by atoms with E-state index < -0.39 is 17.4 Å². The number of Topliss-reactive ketones (excluding diaryl/α,β-unsaturated/α-hetero) is 1. The summed E-state index contributed by atoms with van der Waals surface area (Å²) in [4.78, 5) is 52.0. The molecule has 3 N–H and O–H groups in total. The smallest absolute Gasteiger partial charge is 0.254 e. The number of amides is 3. The van der Waals surface area contributed by atoms with Crippen LogP contribution >= 0.6 is 0 Å². The van der Waals surface area contributed by atoms with E-state index in [9.17, 15) is 19.2 Å². The molecule has 1 spiro atoms. The lowest BCUT2D eigenvalue weighted by molar-refractivity contribution is -0.117. The number of aryl methyl sites for hydroxylation is 1. The van der Waals surface area contributed by atoms with Crippen molar-refractivity contribution < 1.29 is 33.4 Å². The molecule has 12 nitrogen and oxygen atoms in total. The van der Waals surface area contributed by atoms with Crippen LogP contribution in [-0.2, 0) is 11.8 Å². The van der Waals surface area contributed by atoms with E-state index in [1.165, 1.54) is 6.07 Å². The number of nitrogens with zero attached hydrogens (tertiary/aromatic N) is 3. The zero-order valence-corrected chi connectivity index (χ0v) is 24.5. The number of primary amides is 1. The fourth-order valence-corrected chi connectivity index (χ4v) is 5.57. The Morgan fingerprint density at radius 2 is 1.72 bits per heavy atom. The summed E-state index contributed by atoms with van der Waals surface area (Å²) in [6.45, 7) is 5.09. The molecule has 0 radical (unpaired) electrons. The van der Waals surface area contributed by atoms with E-state index in [-0.39, 0.29) is 30.2 Å². The molecule has 2 aliphatic rings. The molecule has 3 amide bonds. The number of hydrogen-bond donors (Lipinski definition) is 2. The first kappa shape index (κ1) is 29.6. The highest BCUT2D eigenvalue weighted by atomic mass is 16.5. The number of carbonyl (C=O) groups is 4. The first-order valence-corrected chi connectivity index (χ1v) is 14.3. The van der Waals surface area contributed by atoms with Gasteiger partial charge < -0.3 is 30.2 Å². The summed E-state index contributed by atoms with van der Waals surface area (Å²) in [5, 5.41) is 6.69. The number of carbonyl (C=O) groups excluding carboxylic acids is 4. The molecule has 43 heavy (non-hydrogen) atoms. The Morgan fingerprint density at radius 3 is 2.30 bits per heavy atom. The highest BCUT2D eigenvalue weighted by Crippen LogP contribution is 2.42. The van der Waals surface area contributed by atoms with Crippen molar-refractivity contribution in [1.82, 2.24) is 20.0 Å². The van der Waals surface area contributed by atoms with Gasteiger partial charge in [-0.1, -0.05) is 0 Å². The maximum Gasteiger partial charge on any atom is 0.254 e. The minimum atomic E-state index is -0.742. The van der Waals surface area contributed by atoms with Crippen LogP contribution in [-0.4, -0.2) is 76.6 Å². The predicted molar refractivity (Wildman–Crippen MR) is 156 cm³/mol. The normalized spacial score (nSPS) is 15.4. The molecule has 2 aromatic carbocycles. The molecular formula is C31H35N5O7. The minimum Gasteiger partial charge on any atom is -0.493 e. The van der Waals surface area contributed by atoms with Crippen molar-refractivity contribution in [2.24, 2.45) is 12.8 Å². The second kappa shape index (κ2) is 12.2. The summed E-state index contributed by atoms with van der Waals surface area (Å²) >= 11 is 0. The van der Waals surface area contributed by atoms with Gasteiger partial charge in [0.25, 0.3) is 11.8 Å². The summed E-state index contributed by atoms with van der Waals surface area (Å²) in [5.74, 6) is 0.00956. The molecule has 2 aliphatic heterocycles. The van der Waals surface area contributed by atoms with Crippen LogP contribution in [0.3, 0.4) is 0 Å². The minimum absolute atomic E-state index is 0.136. The number of ether oxygens (including phenoxy) is 3. The number of nitrogens with two attached hydrogens (primary N) is 1. The Labute approximate surface area is 249 Å². The van der Waals surface area contributed by atoms with E-state index in [0.29, 0.717) is 67.5 Å². The Morgan fingerprint density at radius 1 is 1.05 bits per heavy atom. The molecule has 5 rings (SSSR count). The summed E-state index contributed by atoms with van der Waals surface area (Å²) in [7, 11) is 1.83. The molecule has 3 aromatic rings. The van der Waals surface area contributed by atoms with Gasteiger partial charge in [-0.3, -0.25) is 23.9 Å². The van der Waals surface area contributed by atoms with Crippen molar-refractivity contribution in [2.75, 3.05) is 32.8 Å². The van der Waals surface area contributed by atoms with E-state index in [0.717, 1.165) is 11.1 Å². The molecule has 12 heteroatoms. The number of nitrogens with one attached hydrogen (secondary N) is 1. The quantitative estimate of drug-likeness (QED) is 0.386. The molecule has 1 aromatic heterocycles. The van der Waals surface area contributed by atoms with Crippen LogP contribution < -0.4 is 25.3 Å². The van der Waals surface area contributed by atoms with Gasteiger partial charge in [-0.25, -0.2) is 0 Å². The zero-order valence-electron chi connectivity index (χ0n) is 24.5. The first-order chi connectivity index (χ1) is 20.6. The standard InChI is InChI=1S/C31H35N5O7/c1-4-41-25-13-20(14-26(42-5-2)28(25)21-16-34-35(3)18-21)30(40)36-10-8-31(9-11-36)15-23(37)22-12-19(6-7-24(22)43-31)29(39)33-17-27(32)38/h6-7,12-14,16,18H,4-5,8-11,15,17H2,1-3H3,(H2,32,38)(H,33,39). The number of piperidine rings is 1. The number of hydrogen-bond acceptors (Lipinski definition) is 8. The lowest BCUT2D eigenvalue weighted by atomic mass is 9.82. The predicted octanol–water partition coefficient (Wildman–Crippen LogP) is 2.74. The Bertz CT molecular complexity index is 1550. The average molecular weight is 590 g/mol. The summed E-state index contributed by atoms with van der Waals surface area (Å²) in [5.41, 5.74) is 6.92. The van der Waals surface area contributed by atoms with Crippen molar-refractivity contribution in [2.45, 2.75) is 38.7 Å². The SMILES string of the molecule is CCOc1cc(C(=O)N2CCC3(CC2)CC(=O)c2cc(C(=O)NCC(N)=O)ccc2O3)cc(OCC)c1-c1cnn(C)c1. The van der Waals surface area contributed by atoms with Crippen LogP contribution in [0.4, 0.5) is 0 Å². The fraction of sp³-hybridized carbons (Fsp3) is 0.387. The molecule has 0 unspecified atom stereocenters. The molecule has 0 atom stereocenters. The van der Waals surface area contributed by atoms with Gasteiger partial charge in [-0.05, 0) is 44.2 Å². The number of rotatable bonds is 9. The van der Waals surface area contributed by atoms with Crippen LogP contribution in [0.5, 0.6) is 17.2 Å². The van der Waals surface area contributed by atoms with Gasteiger partial charge in [0.15, 0.2) is 5.78 Å². The zero-order chi connectivity index (χ0) is 30.7. The highest BCUT2D eigenvalue weighted by molar-refractivity contribution is 6.04. The van der Waals surface area contributed by atoms with E-state index in [1.807, 2.05) is 27.1 Å². The highest BCUT2D eigenvalue weighted by Gasteiger charge is 2.44. The average Bonchev–Trinajstić information content (AvgIpc) is 3.41. The van der Waals surface area contributed by atoms with Gasteiger partial charge in [0.1, 0.15) is 22.8 Å². The third kappa shape index (κ3) is 6.18. The molecular weight excluding hydrogens is 554 g/mol. The van der Waals surface area contributed by atoms with E-state index in [2.05, 4.69) is 10.4 Å². The molecule has 3 heterocycles. The maximum atomic E-state index is 13.7. The lowest BCUT2D eigenvalue weighted by Crippen LogP contribution is -2.52. The van der Waals surface area contributed by atoms with Crippen LogP contribution in [0, 0.1) is 0 Å². The molecule has 0 bridgehead atoms.